The average molecular weight is 266 g/mol. The van der Waals surface area contributed by atoms with Gasteiger partial charge in [-0.05, 0) is 19.9 Å². The first-order valence-electron chi connectivity index (χ1n) is 6.04. The van der Waals surface area contributed by atoms with Crippen molar-refractivity contribution in [3.63, 3.8) is 0 Å². The first-order valence-corrected chi connectivity index (χ1v) is 6.04. The number of nitrogens with zero attached hydrogens (tertiary/aromatic N) is 2. The van der Waals surface area contributed by atoms with Crippen LogP contribution < -0.4 is 16.0 Å². The Kier molecular flexibility index (Phi) is 5.11. The van der Waals surface area contributed by atoms with Crippen LogP contribution in [0.5, 0.6) is 0 Å². The number of non-ortho nitro benzene ring substituents is 1. The predicted octanol–water partition coefficient (Wildman–Crippen LogP) is 1.14. The van der Waals surface area contributed by atoms with Crippen molar-refractivity contribution in [3.8, 4) is 0 Å². The highest BCUT2D eigenvalue weighted by Gasteiger charge is 2.14. The molecule has 0 spiro atoms. The van der Waals surface area contributed by atoms with Crippen LogP contribution in [-0.4, -0.2) is 30.5 Å². The topological polar surface area (TPSA) is 102 Å². The summed E-state index contributed by atoms with van der Waals surface area (Å²) in [7, 11) is 0. The van der Waals surface area contributed by atoms with Gasteiger partial charge in [-0.1, -0.05) is 0 Å². The van der Waals surface area contributed by atoms with Gasteiger partial charge in [-0.25, -0.2) is 0 Å². The Morgan fingerprint density at radius 2 is 2.11 bits per heavy atom. The lowest BCUT2D eigenvalue weighted by atomic mass is 10.2. The number of nitro groups is 1. The van der Waals surface area contributed by atoms with Crippen LogP contribution in [-0.2, 0) is 4.79 Å². The van der Waals surface area contributed by atoms with Crippen LogP contribution in [0, 0.1) is 10.1 Å². The number of nitrogens with two attached hydrogens (primary N) is 1. The molecule has 0 saturated carbocycles. The second-order valence-corrected chi connectivity index (χ2v) is 4.01. The maximum absolute atomic E-state index is 11.6. The third kappa shape index (κ3) is 4.13. The number of benzene rings is 1. The van der Waals surface area contributed by atoms with Crippen molar-refractivity contribution in [3.05, 3.63) is 28.3 Å². The molecule has 1 amide bonds. The minimum absolute atomic E-state index is 0.0793. The highest BCUT2D eigenvalue weighted by Crippen LogP contribution is 2.25. The maximum Gasteiger partial charge on any atom is 0.273 e. The highest BCUT2D eigenvalue weighted by atomic mass is 16.6. The number of carbonyl (C=O) groups excluding carboxylic acids is 1. The fraction of sp³-hybridized carbons (Fsp3) is 0.417. The number of likely N-dealkylation sites (N-methyl/N-ethyl adjacent to an activating group) is 2. The molecule has 0 aliphatic heterocycles. The van der Waals surface area contributed by atoms with Gasteiger partial charge in [-0.2, -0.15) is 0 Å². The van der Waals surface area contributed by atoms with E-state index in [1.54, 1.807) is 11.0 Å². The van der Waals surface area contributed by atoms with Gasteiger partial charge in [-0.15, -0.1) is 0 Å². The summed E-state index contributed by atoms with van der Waals surface area (Å²) in [4.78, 5) is 23.6. The molecule has 3 N–H and O–H groups in total. The quantitative estimate of drug-likeness (QED) is 0.456. The molecule has 0 heterocycles. The third-order valence-electron chi connectivity index (χ3n) is 2.59. The summed E-state index contributed by atoms with van der Waals surface area (Å²) < 4.78 is 0. The molecule has 0 atom stereocenters. The molecule has 0 aliphatic carbocycles. The molecule has 0 bridgehead atoms. The first-order chi connectivity index (χ1) is 8.97. The van der Waals surface area contributed by atoms with E-state index in [0.717, 1.165) is 0 Å². The van der Waals surface area contributed by atoms with Crippen molar-refractivity contribution in [1.29, 1.82) is 0 Å². The molecule has 104 valence electrons. The standard InChI is InChI=1S/C12H18N4O3/c1-3-14-12(17)8-15(4-2)10-5-9(13)6-11(7-10)16(18)19/h5-7H,3-4,8,13H2,1-2H3,(H,14,17). The van der Waals surface area contributed by atoms with Gasteiger partial charge in [0.25, 0.3) is 5.69 Å². The second kappa shape index (κ2) is 6.58. The molecule has 0 saturated heterocycles. The lowest BCUT2D eigenvalue weighted by molar-refractivity contribution is -0.384. The SMILES string of the molecule is CCNC(=O)CN(CC)c1cc(N)cc([N+](=O)[O-])c1. The smallest absolute Gasteiger partial charge is 0.273 e. The van der Waals surface area contributed by atoms with E-state index in [2.05, 4.69) is 5.32 Å². The van der Waals surface area contributed by atoms with E-state index in [4.69, 9.17) is 5.73 Å². The van der Waals surface area contributed by atoms with Crippen LogP contribution in [0.25, 0.3) is 0 Å². The highest BCUT2D eigenvalue weighted by molar-refractivity contribution is 5.81. The van der Waals surface area contributed by atoms with Crippen LogP contribution in [0.15, 0.2) is 18.2 Å². The van der Waals surface area contributed by atoms with Crippen molar-refractivity contribution < 1.29 is 9.72 Å². The van der Waals surface area contributed by atoms with E-state index < -0.39 is 4.92 Å². The second-order valence-electron chi connectivity index (χ2n) is 4.01. The van der Waals surface area contributed by atoms with Gasteiger partial charge in [0, 0.05) is 36.6 Å². The van der Waals surface area contributed by atoms with Crippen LogP contribution in [0.4, 0.5) is 17.1 Å². The summed E-state index contributed by atoms with van der Waals surface area (Å²) in [6, 6.07) is 4.33. The van der Waals surface area contributed by atoms with Crippen LogP contribution in [0.1, 0.15) is 13.8 Å². The number of hydrogen-bond donors (Lipinski definition) is 2. The zero-order valence-corrected chi connectivity index (χ0v) is 11.0. The number of rotatable bonds is 6. The summed E-state index contributed by atoms with van der Waals surface area (Å²) in [5.74, 6) is -0.130. The molecule has 0 aromatic heterocycles. The number of hydrogen-bond acceptors (Lipinski definition) is 5. The monoisotopic (exact) mass is 266 g/mol. The Morgan fingerprint density at radius 3 is 2.63 bits per heavy atom. The largest absolute Gasteiger partial charge is 0.398 e. The predicted molar refractivity (Wildman–Crippen MR) is 74.1 cm³/mol. The van der Waals surface area contributed by atoms with Gasteiger partial charge < -0.3 is 16.0 Å². The van der Waals surface area contributed by atoms with Gasteiger partial charge >= 0.3 is 0 Å². The molecule has 1 aromatic rings. The molecule has 0 fully saturated rings. The average Bonchev–Trinajstić information content (AvgIpc) is 2.35. The Bertz CT molecular complexity index is 476. The number of anilines is 2. The van der Waals surface area contributed by atoms with Gasteiger partial charge in [-0.3, -0.25) is 14.9 Å². The lowest BCUT2D eigenvalue weighted by Gasteiger charge is -2.22. The zero-order valence-electron chi connectivity index (χ0n) is 11.0. The molecule has 1 rings (SSSR count). The molecule has 7 heteroatoms. The van der Waals surface area contributed by atoms with E-state index >= 15 is 0 Å². The van der Waals surface area contributed by atoms with Crippen LogP contribution >= 0.6 is 0 Å². The Hall–Kier alpha value is -2.31. The minimum Gasteiger partial charge on any atom is -0.398 e. The van der Waals surface area contributed by atoms with Crippen molar-refractivity contribution >= 4 is 23.0 Å². The molecular weight excluding hydrogens is 248 g/mol. The summed E-state index contributed by atoms with van der Waals surface area (Å²) in [6.45, 7) is 4.95. The van der Waals surface area contributed by atoms with E-state index in [1.807, 2.05) is 13.8 Å². The Balaban J connectivity index is 2.97. The van der Waals surface area contributed by atoms with E-state index in [1.165, 1.54) is 12.1 Å². The van der Waals surface area contributed by atoms with Crippen molar-refractivity contribution in [1.82, 2.24) is 5.32 Å². The van der Waals surface area contributed by atoms with Crippen LogP contribution in [0.3, 0.4) is 0 Å². The number of nitrogen functional groups attached to an aromatic ring is 1. The van der Waals surface area contributed by atoms with Gasteiger partial charge in [0.2, 0.25) is 5.91 Å². The molecule has 0 unspecified atom stereocenters. The number of nitrogens with one attached hydrogen (secondary N) is 1. The minimum atomic E-state index is -0.500. The summed E-state index contributed by atoms with van der Waals surface area (Å²) in [5, 5.41) is 13.5. The van der Waals surface area contributed by atoms with E-state index in [0.29, 0.717) is 24.5 Å². The third-order valence-corrected chi connectivity index (χ3v) is 2.59. The van der Waals surface area contributed by atoms with Gasteiger partial charge in [0.15, 0.2) is 0 Å². The lowest BCUT2D eigenvalue weighted by Crippen LogP contribution is -2.37. The maximum atomic E-state index is 11.6. The van der Waals surface area contributed by atoms with Crippen molar-refractivity contribution in [2.45, 2.75) is 13.8 Å². The fourth-order valence-corrected chi connectivity index (χ4v) is 1.72. The number of nitro benzene ring substituents is 1. The normalized spacial score (nSPS) is 10.0. The summed E-state index contributed by atoms with van der Waals surface area (Å²) >= 11 is 0. The molecule has 0 aliphatic rings. The molecule has 0 radical (unpaired) electrons. The van der Waals surface area contributed by atoms with E-state index in [9.17, 15) is 14.9 Å². The van der Waals surface area contributed by atoms with Crippen molar-refractivity contribution in [2.24, 2.45) is 0 Å². The molecule has 19 heavy (non-hydrogen) atoms. The van der Waals surface area contributed by atoms with Gasteiger partial charge in [0.1, 0.15) is 0 Å². The molecule has 7 nitrogen and oxygen atoms in total. The van der Waals surface area contributed by atoms with E-state index in [-0.39, 0.29) is 18.1 Å². The number of amides is 1. The zero-order chi connectivity index (χ0) is 14.4. The molecular formula is C12H18N4O3. The fourth-order valence-electron chi connectivity index (χ4n) is 1.72. The first kappa shape index (κ1) is 14.7. The summed E-state index contributed by atoms with van der Waals surface area (Å²) in [6.07, 6.45) is 0. The van der Waals surface area contributed by atoms with Crippen molar-refractivity contribution in [2.75, 3.05) is 30.3 Å². The van der Waals surface area contributed by atoms with Crippen LogP contribution in [0.2, 0.25) is 0 Å². The Labute approximate surface area is 111 Å². The molecule has 1 aromatic carbocycles. The summed E-state index contributed by atoms with van der Waals surface area (Å²) in [5.41, 5.74) is 6.44. The Morgan fingerprint density at radius 1 is 1.42 bits per heavy atom. The number of carbonyl (C=O) groups is 1. The van der Waals surface area contributed by atoms with Gasteiger partial charge in [0.05, 0.1) is 11.5 Å².